The van der Waals surface area contributed by atoms with Crippen molar-refractivity contribution in [3.63, 3.8) is 0 Å². The van der Waals surface area contributed by atoms with E-state index in [0.29, 0.717) is 11.3 Å². The van der Waals surface area contributed by atoms with Gasteiger partial charge in [-0.05, 0) is 38.0 Å². The molecule has 2 N–H and O–H groups in total. The summed E-state index contributed by atoms with van der Waals surface area (Å²) < 4.78 is 5.69. The molecular formula is C13H18O3. The zero-order valence-electron chi connectivity index (χ0n) is 9.90. The topological polar surface area (TPSA) is 49.7 Å². The highest BCUT2D eigenvalue weighted by molar-refractivity contribution is 5.42. The highest BCUT2D eigenvalue weighted by Crippen LogP contribution is 2.39. The standard InChI is InChI=1S/C13H18O3/c1-4-8-5-6-10-9(7-8)11(14)12(15)13(2,3)16-10/h5-7,11-12,14-15H,4H2,1-3H3/t11-,12-/m0/s1. The summed E-state index contributed by atoms with van der Waals surface area (Å²) in [6.07, 6.45) is -0.864. The Morgan fingerprint density at radius 3 is 2.62 bits per heavy atom. The number of rotatable bonds is 1. The molecule has 16 heavy (non-hydrogen) atoms. The molecule has 1 aromatic carbocycles. The summed E-state index contributed by atoms with van der Waals surface area (Å²) in [4.78, 5) is 0. The quantitative estimate of drug-likeness (QED) is 0.762. The van der Waals surface area contributed by atoms with Gasteiger partial charge in [0.1, 0.15) is 23.6 Å². The van der Waals surface area contributed by atoms with Crippen molar-refractivity contribution >= 4 is 0 Å². The van der Waals surface area contributed by atoms with E-state index in [9.17, 15) is 10.2 Å². The molecule has 88 valence electrons. The minimum absolute atomic E-state index is 0.667. The Kier molecular flexibility index (Phi) is 2.68. The normalized spacial score (nSPS) is 27.1. The minimum atomic E-state index is -0.896. The first-order valence-electron chi connectivity index (χ1n) is 5.63. The third-order valence-electron chi connectivity index (χ3n) is 3.19. The first kappa shape index (κ1) is 11.4. The van der Waals surface area contributed by atoms with Crippen LogP contribution in [-0.4, -0.2) is 21.9 Å². The number of hydrogen-bond acceptors (Lipinski definition) is 3. The molecule has 3 nitrogen and oxygen atoms in total. The van der Waals surface area contributed by atoms with Gasteiger partial charge in [0.15, 0.2) is 0 Å². The zero-order valence-corrected chi connectivity index (χ0v) is 9.90. The molecule has 0 saturated carbocycles. The van der Waals surface area contributed by atoms with E-state index < -0.39 is 17.8 Å². The second kappa shape index (κ2) is 3.75. The number of aliphatic hydroxyl groups is 2. The maximum Gasteiger partial charge on any atom is 0.132 e. The van der Waals surface area contributed by atoms with E-state index in [-0.39, 0.29) is 0 Å². The fourth-order valence-corrected chi connectivity index (χ4v) is 2.04. The summed E-state index contributed by atoms with van der Waals surface area (Å²) >= 11 is 0. The molecule has 0 saturated heterocycles. The lowest BCUT2D eigenvalue weighted by Gasteiger charge is -2.40. The summed E-state index contributed by atoms with van der Waals surface area (Å²) in [5.74, 6) is 0.667. The van der Waals surface area contributed by atoms with Crippen LogP contribution in [0.4, 0.5) is 0 Å². The molecule has 0 radical (unpaired) electrons. The highest BCUT2D eigenvalue weighted by atomic mass is 16.5. The van der Waals surface area contributed by atoms with Gasteiger partial charge in [-0.15, -0.1) is 0 Å². The molecule has 0 bridgehead atoms. The van der Waals surface area contributed by atoms with Crippen LogP contribution < -0.4 is 4.74 Å². The van der Waals surface area contributed by atoms with E-state index in [4.69, 9.17) is 4.74 Å². The van der Waals surface area contributed by atoms with Crippen LogP contribution in [0.1, 0.15) is 38.0 Å². The SMILES string of the molecule is CCc1ccc2c(c1)[C@H](O)[C@H](O)C(C)(C)O2. The van der Waals surface area contributed by atoms with Crippen LogP contribution in [0.25, 0.3) is 0 Å². The van der Waals surface area contributed by atoms with E-state index in [0.717, 1.165) is 12.0 Å². The minimum Gasteiger partial charge on any atom is -0.485 e. The number of fused-ring (bicyclic) bond motifs is 1. The van der Waals surface area contributed by atoms with E-state index >= 15 is 0 Å². The maximum absolute atomic E-state index is 10.1. The van der Waals surface area contributed by atoms with Gasteiger partial charge in [-0.25, -0.2) is 0 Å². The van der Waals surface area contributed by atoms with E-state index in [1.54, 1.807) is 13.8 Å². The first-order valence-corrected chi connectivity index (χ1v) is 5.63. The third-order valence-corrected chi connectivity index (χ3v) is 3.19. The van der Waals surface area contributed by atoms with Gasteiger partial charge in [0.2, 0.25) is 0 Å². The van der Waals surface area contributed by atoms with Gasteiger partial charge in [0.05, 0.1) is 0 Å². The Hall–Kier alpha value is -1.06. The molecule has 1 heterocycles. The lowest BCUT2D eigenvalue weighted by Crippen LogP contribution is -2.48. The van der Waals surface area contributed by atoms with Crippen molar-refractivity contribution in [2.24, 2.45) is 0 Å². The van der Waals surface area contributed by atoms with E-state index in [1.165, 1.54) is 0 Å². The molecule has 0 fully saturated rings. The highest BCUT2D eigenvalue weighted by Gasteiger charge is 2.41. The molecule has 0 spiro atoms. The van der Waals surface area contributed by atoms with Gasteiger partial charge in [-0.3, -0.25) is 0 Å². The summed E-state index contributed by atoms with van der Waals surface area (Å²) in [6.45, 7) is 5.60. The van der Waals surface area contributed by atoms with Crippen molar-refractivity contribution in [2.45, 2.75) is 45.0 Å². The predicted molar refractivity (Wildman–Crippen MR) is 61.5 cm³/mol. The van der Waals surface area contributed by atoms with Crippen molar-refractivity contribution < 1.29 is 14.9 Å². The summed E-state index contributed by atoms with van der Waals surface area (Å²) in [5, 5.41) is 20.0. The monoisotopic (exact) mass is 222 g/mol. The Morgan fingerprint density at radius 1 is 1.31 bits per heavy atom. The second-order valence-corrected chi connectivity index (χ2v) is 4.82. The number of aliphatic hydroxyl groups excluding tert-OH is 2. The van der Waals surface area contributed by atoms with Gasteiger partial charge in [-0.1, -0.05) is 13.0 Å². The van der Waals surface area contributed by atoms with Crippen LogP contribution in [0.2, 0.25) is 0 Å². The lowest BCUT2D eigenvalue weighted by molar-refractivity contribution is -0.111. The van der Waals surface area contributed by atoms with E-state index in [1.807, 2.05) is 18.2 Å². The molecule has 3 heteroatoms. The summed E-state index contributed by atoms with van der Waals surface area (Å²) in [7, 11) is 0. The number of benzene rings is 1. The average Bonchev–Trinajstić information content (AvgIpc) is 2.25. The first-order chi connectivity index (χ1) is 7.45. The van der Waals surface area contributed by atoms with Gasteiger partial charge in [0.25, 0.3) is 0 Å². The molecule has 1 aliphatic rings. The number of aryl methyl sites for hydroxylation is 1. The number of hydrogen-bond donors (Lipinski definition) is 2. The summed E-state index contributed by atoms with van der Waals surface area (Å²) in [5.41, 5.74) is 1.07. The molecule has 0 aromatic heterocycles. The maximum atomic E-state index is 10.1. The largest absolute Gasteiger partial charge is 0.485 e. The fraction of sp³-hybridized carbons (Fsp3) is 0.538. The Bertz CT molecular complexity index is 398. The molecule has 2 rings (SSSR count). The van der Waals surface area contributed by atoms with Crippen molar-refractivity contribution in [3.8, 4) is 5.75 Å². The molecule has 1 aromatic rings. The average molecular weight is 222 g/mol. The predicted octanol–water partition coefficient (Wildman–Crippen LogP) is 1.81. The van der Waals surface area contributed by atoms with Gasteiger partial charge < -0.3 is 14.9 Å². The summed E-state index contributed by atoms with van der Waals surface area (Å²) in [6, 6.07) is 5.75. The second-order valence-electron chi connectivity index (χ2n) is 4.82. The van der Waals surface area contributed by atoms with Gasteiger partial charge in [-0.2, -0.15) is 0 Å². The lowest BCUT2D eigenvalue weighted by atomic mass is 9.88. The van der Waals surface area contributed by atoms with Crippen LogP contribution >= 0.6 is 0 Å². The molecule has 0 unspecified atom stereocenters. The molecule has 1 aliphatic heterocycles. The molecule has 2 atom stereocenters. The molecule has 0 amide bonds. The zero-order chi connectivity index (χ0) is 11.9. The Morgan fingerprint density at radius 2 is 2.00 bits per heavy atom. The Balaban J connectivity index is 2.47. The molecular weight excluding hydrogens is 204 g/mol. The van der Waals surface area contributed by atoms with Crippen molar-refractivity contribution in [3.05, 3.63) is 29.3 Å². The number of ether oxygens (including phenoxy) is 1. The van der Waals surface area contributed by atoms with Crippen molar-refractivity contribution in [1.29, 1.82) is 0 Å². The van der Waals surface area contributed by atoms with Crippen LogP contribution in [0.15, 0.2) is 18.2 Å². The third kappa shape index (κ3) is 1.70. The van der Waals surface area contributed by atoms with E-state index in [2.05, 4.69) is 6.92 Å². The Labute approximate surface area is 95.7 Å². The smallest absolute Gasteiger partial charge is 0.132 e. The van der Waals surface area contributed by atoms with Crippen LogP contribution in [0.5, 0.6) is 5.75 Å². The fourth-order valence-electron chi connectivity index (χ4n) is 2.04. The van der Waals surface area contributed by atoms with Crippen molar-refractivity contribution in [1.82, 2.24) is 0 Å². The van der Waals surface area contributed by atoms with Crippen molar-refractivity contribution in [2.75, 3.05) is 0 Å². The van der Waals surface area contributed by atoms with Crippen LogP contribution in [-0.2, 0) is 6.42 Å². The van der Waals surface area contributed by atoms with Crippen LogP contribution in [0, 0.1) is 0 Å². The van der Waals surface area contributed by atoms with Gasteiger partial charge >= 0.3 is 0 Å². The van der Waals surface area contributed by atoms with Gasteiger partial charge in [0, 0.05) is 5.56 Å². The molecule has 0 aliphatic carbocycles. The van der Waals surface area contributed by atoms with Crippen LogP contribution in [0.3, 0.4) is 0 Å².